The summed E-state index contributed by atoms with van der Waals surface area (Å²) in [4.78, 5) is 2.01. The molecular weight excluding hydrogens is 221 g/mol. The highest BCUT2D eigenvalue weighted by Crippen LogP contribution is 2.29. The molecule has 2 N–H and O–H groups in total. The van der Waals surface area contributed by atoms with Crippen molar-refractivity contribution in [3.8, 4) is 0 Å². The van der Waals surface area contributed by atoms with Crippen molar-refractivity contribution in [2.24, 2.45) is 0 Å². The van der Waals surface area contributed by atoms with Crippen molar-refractivity contribution in [2.75, 3.05) is 18.1 Å². The van der Waals surface area contributed by atoms with Crippen molar-refractivity contribution in [1.29, 1.82) is 0 Å². The molecule has 2 rings (SSSR count). The summed E-state index contributed by atoms with van der Waals surface area (Å²) in [6.45, 7) is 0.569. The van der Waals surface area contributed by atoms with Crippen LogP contribution >= 0.6 is 0 Å². The Balaban J connectivity index is 2.34. The van der Waals surface area contributed by atoms with E-state index in [0.29, 0.717) is 11.3 Å². The van der Waals surface area contributed by atoms with E-state index in [1.807, 2.05) is 11.0 Å². The maximum atomic E-state index is 13.6. The molecule has 1 aliphatic rings. The summed E-state index contributed by atoms with van der Waals surface area (Å²) in [5, 5.41) is 18.6. The fourth-order valence-electron chi connectivity index (χ4n) is 2.48. The molecule has 17 heavy (non-hydrogen) atoms. The standard InChI is InChI=1S/C13H18FNO2/c14-12-5-3-6-13(11(12)9-17)15-7-2-1-4-10(15)8-16/h3,5-6,10,16-17H,1-2,4,7-9H2. The maximum Gasteiger partial charge on any atom is 0.130 e. The molecule has 0 amide bonds. The molecule has 1 fully saturated rings. The lowest BCUT2D eigenvalue weighted by atomic mass is 10.0. The maximum absolute atomic E-state index is 13.6. The first-order chi connectivity index (χ1) is 8.27. The van der Waals surface area contributed by atoms with Gasteiger partial charge in [-0.3, -0.25) is 0 Å². The molecule has 0 aliphatic carbocycles. The molecule has 1 heterocycles. The zero-order valence-corrected chi connectivity index (χ0v) is 9.77. The van der Waals surface area contributed by atoms with Gasteiger partial charge in [-0.1, -0.05) is 6.07 Å². The van der Waals surface area contributed by atoms with Crippen LogP contribution in [0.1, 0.15) is 24.8 Å². The molecule has 0 aromatic heterocycles. The normalized spacial score (nSPS) is 20.6. The average molecular weight is 239 g/mol. The third-order valence-corrected chi connectivity index (χ3v) is 3.40. The summed E-state index contributed by atoms with van der Waals surface area (Å²) in [7, 11) is 0. The van der Waals surface area contributed by atoms with E-state index in [1.54, 1.807) is 6.07 Å². The quantitative estimate of drug-likeness (QED) is 0.843. The largest absolute Gasteiger partial charge is 0.394 e. The summed E-state index contributed by atoms with van der Waals surface area (Å²) in [6, 6.07) is 4.85. The van der Waals surface area contributed by atoms with Crippen LogP contribution in [0.2, 0.25) is 0 Å². The SMILES string of the molecule is OCc1c(F)cccc1N1CCCCC1CO. The Morgan fingerprint density at radius 1 is 1.29 bits per heavy atom. The van der Waals surface area contributed by atoms with Gasteiger partial charge < -0.3 is 15.1 Å². The molecule has 0 saturated carbocycles. The lowest BCUT2D eigenvalue weighted by Crippen LogP contribution is -2.42. The molecule has 1 aromatic carbocycles. The number of anilines is 1. The minimum absolute atomic E-state index is 0.0378. The average Bonchev–Trinajstić information content (AvgIpc) is 2.38. The number of halogens is 1. The van der Waals surface area contributed by atoms with Gasteiger partial charge in [-0.25, -0.2) is 4.39 Å². The Hall–Kier alpha value is -1.13. The highest BCUT2D eigenvalue weighted by Gasteiger charge is 2.24. The van der Waals surface area contributed by atoms with Gasteiger partial charge in [-0.05, 0) is 31.4 Å². The molecule has 1 aliphatic heterocycles. The second-order valence-corrected chi connectivity index (χ2v) is 4.42. The highest BCUT2D eigenvalue weighted by molar-refractivity contribution is 5.55. The summed E-state index contributed by atoms with van der Waals surface area (Å²) in [5.41, 5.74) is 1.04. The van der Waals surface area contributed by atoms with Gasteiger partial charge in [0.1, 0.15) is 5.82 Å². The van der Waals surface area contributed by atoms with E-state index in [-0.39, 0.29) is 25.1 Å². The number of benzene rings is 1. The number of aliphatic hydroxyl groups is 2. The lowest BCUT2D eigenvalue weighted by Gasteiger charge is -2.37. The number of hydrogen-bond acceptors (Lipinski definition) is 3. The van der Waals surface area contributed by atoms with Crippen LogP contribution < -0.4 is 4.90 Å². The predicted octanol–water partition coefficient (Wildman–Crippen LogP) is 1.67. The van der Waals surface area contributed by atoms with Gasteiger partial charge in [-0.15, -0.1) is 0 Å². The molecule has 1 atom stereocenters. The first-order valence-electron chi connectivity index (χ1n) is 6.03. The van der Waals surface area contributed by atoms with Gasteiger partial charge >= 0.3 is 0 Å². The molecule has 3 nitrogen and oxygen atoms in total. The predicted molar refractivity (Wildman–Crippen MR) is 64.4 cm³/mol. The van der Waals surface area contributed by atoms with E-state index in [0.717, 1.165) is 25.8 Å². The second kappa shape index (κ2) is 5.47. The van der Waals surface area contributed by atoms with Crippen molar-refractivity contribution in [2.45, 2.75) is 31.9 Å². The van der Waals surface area contributed by atoms with Gasteiger partial charge in [0, 0.05) is 17.8 Å². The van der Waals surface area contributed by atoms with E-state index in [1.165, 1.54) is 6.07 Å². The van der Waals surface area contributed by atoms with Gasteiger partial charge in [-0.2, -0.15) is 0 Å². The van der Waals surface area contributed by atoms with Gasteiger partial charge in [0.2, 0.25) is 0 Å². The van der Waals surface area contributed by atoms with Crippen LogP contribution in [0.15, 0.2) is 18.2 Å². The first-order valence-corrected chi connectivity index (χ1v) is 6.03. The van der Waals surface area contributed by atoms with E-state index in [4.69, 9.17) is 0 Å². The Bertz CT molecular complexity index is 384. The molecule has 94 valence electrons. The van der Waals surface area contributed by atoms with Gasteiger partial charge in [0.05, 0.1) is 19.3 Å². The summed E-state index contributed by atoms with van der Waals surface area (Å²) >= 11 is 0. The second-order valence-electron chi connectivity index (χ2n) is 4.42. The Morgan fingerprint density at radius 3 is 2.82 bits per heavy atom. The molecule has 4 heteroatoms. The number of aliphatic hydroxyl groups excluding tert-OH is 2. The van der Waals surface area contributed by atoms with E-state index in [9.17, 15) is 14.6 Å². The fourth-order valence-corrected chi connectivity index (χ4v) is 2.48. The third-order valence-electron chi connectivity index (χ3n) is 3.40. The molecule has 0 radical (unpaired) electrons. The minimum atomic E-state index is -0.382. The Morgan fingerprint density at radius 2 is 2.12 bits per heavy atom. The number of rotatable bonds is 3. The molecular formula is C13H18FNO2. The fraction of sp³-hybridized carbons (Fsp3) is 0.538. The molecule has 0 spiro atoms. The topological polar surface area (TPSA) is 43.7 Å². The molecule has 1 unspecified atom stereocenters. The zero-order valence-electron chi connectivity index (χ0n) is 9.77. The monoisotopic (exact) mass is 239 g/mol. The van der Waals surface area contributed by atoms with E-state index < -0.39 is 0 Å². The highest BCUT2D eigenvalue weighted by atomic mass is 19.1. The van der Waals surface area contributed by atoms with Crippen molar-refractivity contribution in [3.05, 3.63) is 29.6 Å². The summed E-state index contributed by atoms with van der Waals surface area (Å²) < 4.78 is 13.6. The minimum Gasteiger partial charge on any atom is -0.394 e. The first kappa shape index (κ1) is 12.3. The number of hydrogen-bond donors (Lipinski definition) is 2. The van der Waals surface area contributed by atoms with E-state index >= 15 is 0 Å². The van der Waals surface area contributed by atoms with Crippen LogP contribution in [0.3, 0.4) is 0 Å². The smallest absolute Gasteiger partial charge is 0.130 e. The third kappa shape index (κ3) is 2.42. The summed E-state index contributed by atoms with van der Waals surface area (Å²) in [6.07, 6.45) is 3.04. The van der Waals surface area contributed by atoms with Gasteiger partial charge in [0.25, 0.3) is 0 Å². The van der Waals surface area contributed by atoms with Crippen LogP contribution in [0.4, 0.5) is 10.1 Å². The number of nitrogens with zero attached hydrogens (tertiary/aromatic N) is 1. The van der Waals surface area contributed by atoms with Crippen LogP contribution in [0, 0.1) is 5.82 Å². The Labute approximate surface area is 100 Å². The molecule has 1 aromatic rings. The summed E-state index contributed by atoms with van der Waals surface area (Å²) in [5.74, 6) is -0.382. The van der Waals surface area contributed by atoms with Crippen LogP contribution in [-0.2, 0) is 6.61 Å². The van der Waals surface area contributed by atoms with Crippen molar-refractivity contribution < 1.29 is 14.6 Å². The lowest BCUT2D eigenvalue weighted by molar-refractivity contribution is 0.238. The van der Waals surface area contributed by atoms with Crippen molar-refractivity contribution >= 4 is 5.69 Å². The van der Waals surface area contributed by atoms with Crippen LogP contribution in [-0.4, -0.2) is 29.4 Å². The Kier molecular flexibility index (Phi) is 3.97. The molecule has 0 bridgehead atoms. The van der Waals surface area contributed by atoms with Gasteiger partial charge in [0.15, 0.2) is 0 Å². The molecule has 1 saturated heterocycles. The van der Waals surface area contributed by atoms with E-state index in [2.05, 4.69) is 0 Å². The number of piperidine rings is 1. The van der Waals surface area contributed by atoms with Crippen molar-refractivity contribution in [1.82, 2.24) is 0 Å². The zero-order chi connectivity index (χ0) is 12.3. The van der Waals surface area contributed by atoms with Crippen LogP contribution in [0.5, 0.6) is 0 Å². The van der Waals surface area contributed by atoms with Crippen molar-refractivity contribution in [3.63, 3.8) is 0 Å². The van der Waals surface area contributed by atoms with Crippen LogP contribution in [0.25, 0.3) is 0 Å².